The van der Waals surface area contributed by atoms with Crippen LogP contribution in [0.25, 0.3) is 22.2 Å². The molecular formula is C17H19N7O4. The van der Waals surface area contributed by atoms with E-state index in [4.69, 9.17) is 10.2 Å². The smallest absolute Gasteiger partial charge is 0.328 e. The van der Waals surface area contributed by atoms with Crippen molar-refractivity contribution >= 4 is 34.9 Å². The normalized spacial score (nSPS) is 11.8. The largest absolute Gasteiger partial charge is 0.480 e. The standard InChI is InChI=1S/C17H19N7O4/c1-2-18-17(28)24-16-21-11-4-3-9(5-12(11)22-16)10-6-19-15(20-7-10)23-13(8-25)14(26)27/h3-7,13,25H,2,8H2,1H3,(H,26,27)(H,19,20,23)(H3,18,21,22,24,28). The zero-order valence-electron chi connectivity index (χ0n) is 14.9. The summed E-state index contributed by atoms with van der Waals surface area (Å²) in [5, 5.41) is 25.7. The lowest BCUT2D eigenvalue weighted by molar-refractivity contribution is -0.138. The highest BCUT2D eigenvalue weighted by Gasteiger charge is 2.17. The second-order valence-corrected chi connectivity index (χ2v) is 5.81. The van der Waals surface area contributed by atoms with Gasteiger partial charge in [0.15, 0.2) is 6.04 Å². The van der Waals surface area contributed by atoms with Crippen LogP contribution in [0.3, 0.4) is 0 Å². The van der Waals surface area contributed by atoms with Crippen molar-refractivity contribution in [3.63, 3.8) is 0 Å². The van der Waals surface area contributed by atoms with E-state index in [2.05, 4.69) is 35.9 Å². The van der Waals surface area contributed by atoms with E-state index in [-0.39, 0.29) is 12.0 Å². The first-order chi connectivity index (χ1) is 13.5. The highest BCUT2D eigenvalue weighted by molar-refractivity contribution is 5.90. The molecule has 3 rings (SSSR count). The maximum atomic E-state index is 11.6. The molecule has 1 unspecified atom stereocenters. The monoisotopic (exact) mass is 385 g/mol. The molecule has 2 amide bonds. The summed E-state index contributed by atoms with van der Waals surface area (Å²) < 4.78 is 0. The Labute approximate surface area is 159 Å². The quantitative estimate of drug-likeness (QED) is 0.351. The highest BCUT2D eigenvalue weighted by atomic mass is 16.4. The van der Waals surface area contributed by atoms with Gasteiger partial charge in [-0.05, 0) is 24.6 Å². The summed E-state index contributed by atoms with van der Waals surface area (Å²) in [5.74, 6) is -0.768. The van der Waals surface area contributed by atoms with Gasteiger partial charge in [-0.2, -0.15) is 0 Å². The van der Waals surface area contributed by atoms with Crippen molar-refractivity contribution in [2.24, 2.45) is 0 Å². The fourth-order valence-corrected chi connectivity index (χ4v) is 2.45. The molecule has 0 bridgehead atoms. The predicted molar refractivity (Wildman–Crippen MR) is 102 cm³/mol. The molecule has 0 aliphatic heterocycles. The predicted octanol–water partition coefficient (Wildman–Crippen LogP) is 1.02. The van der Waals surface area contributed by atoms with Crippen LogP contribution >= 0.6 is 0 Å². The Morgan fingerprint density at radius 3 is 2.61 bits per heavy atom. The van der Waals surface area contributed by atoms with E-state index in [9.17, 15) is 9.59 Å². The minimum absolute atomic E-state index is 0.0984. The number of rotatable bonds is 7. The summed E-state index contributed by atoms with van der Waals surface area (Å²) in [4.78, 5) is 38.0. The first-order valence-electron chi connectivity index (χ1n) is 8.47. The lowest BCUT2D eigenvalue weighted by Gasteiger charge is -2.11. The number of aromatic amines is 1. The third-order valence-electron chi connectivity index (χ3n) is 3.82. The maximum absolute atomic E-state index is 11.6. The summed E-state index contributed by atoms with van der Waals surface area (Å²) in [6.07, 6.45) is 3.08. The molecule has 0 fully saturated rings. The molecule has 0 aliphatic carbocycles. The van der Waals surface area contributed by atoms with Crippen LogP contribution in [0.4, 0.5) is 16.7 Å². The second-order valence-electron chi connectivity index (χ2n) is 5.81. The Morgan fingerprint density at radius 1 is 1.21 bits per heavy atom. The first-order valence-corrected chi connectivity index (χ1v) is 8.47. The number of nitrogens with one attached hydrogen (secondary N) is 4. The number of fused-ring (bicyclic) bond motifs is 1. The summed E-state index contributed by atoms with van der Waals surface area (Å²) in [6.45, 7) is 1.75. The van der Waals surface area contributed by atoms with Crippen LogP contribution < -0.4 is 16.0 Å². The molecule has 28 heavy (non-hydrogen) atoms. The van der Waals surface area contributed by atoms with Gasteiger partial charge in [-0.25, -0.2) is 24.5 Å². The number of carbonyl (C=O) groups is 2. The number of hydrogen-bond acceptors (Lipinski definition) is 7. The Balaban J connectivity index is 1.77. The SMILES string of the molecule is CCNC(=O)Nc1nc2ccc(-c3cnc(NC(CO)C(=O)O)nc3)cc2[nH]1. The van der Waals surface area contributed by atoms with Gasteiger partial charge < -0.3 is 25.8 Å². The number of carbonyl (C=O) groups excluding carboxylic acids is 1. The van der Waals surface area contributed by atoms with E-state index in [1.165, 1.54) is 12.4 Å². The lowest BCUT2D eigenvalue weighted by atomic mass is 10.1. The number of urea groups is 1. The zero-order chi connectivity index (χ0) is 20.1. The lowest BCUT2D eigenvalue weighted by Crippen LogP contribution is -2.33. The van der Waals surface area contributed by atoms with Crippen LogP contribution in [0, 0.1) is 0 Å². The van der Waals surface area contributed by atoms with Crippen LogP contribution in [-0.2, 0) is 4.79 Å². The Hall–Kier alpha value is -3.73. The van der Waals surface area contributed by atoms with Crippen LogP contribution in [0.15, 0.2) is 30.6 Å². The third kappa shape index (κ3) is 4.32. The van der Waals surface area contributed by atoms with Gasteiger partial charge in [0.2, 0.25) is 11.9 Å². The number of carboxylic acids is 1. The molecule has 11 nitrogen and oxygen atoms in total. The number of H-pyrrole nitrogens is 1. The molecule has 1 atom stereocenters. The van der Waals surface area contributed by atoms with Crippen LogP contribution in [0.1, 0.15) is 6.92 Å². The molecule has 0 saturated heterocycles. The molecule has 0 aliphatic rings. The van der Waals surface area contributed by atoms with Crippen molar-refractivity contribution in [2.45, 2.75) is 13.0 Å². The van der Waals surface area contributed by atoms with Crippen molar-refractivity contribution in [1.82, 2.24) is 25.3 Å². The van der Waals surface area contributed by atoms with E-state index in [0.29, 0.717) is 23.6 Å². The number of aliphatic hydroxyl groups is 1. The Morgan fingerprint density at radius 2 is 1.96 bits per heavy atom. The number of benzene rings is 1. The average molecular weight is 385 g/mol. The number of aliphatic carboxylic acids is 1. The van der Waals surface area contributed by atoms with Crippen LogP contribution in [0.5, 0.6) is 0 Å². The molecule has 0 radical (unpaired) electrons. The molecule has 1 aromatic carbocycles. The summed E-state index contributed by atoms with van der Waals surface area (Å²) in [5.41, 5.74) is 2.92. The number of aliphatic hydroxyl groups excluding tert-OH is 1. The number of amides is 2. The number of imidazole rings is 1. The summed E-state index contributed by atoms with van der Waals surface area (Å²) >= 11 is 0. The fraction of sp³-hybridized carbons (Fsp3) is 0.235. The maximum Gasteiger partial charge on any atom is 0.328 e. The number of aromatic nitrogens is 4. The molecule has 2 heterocycles. The van der Waals surface area contributed by atoms with Gasteiger partial charge in [-0.1, -0.05) is 6.07 Å². The minimum Gasteiger partial charge on any atom is -0.480 e. The van der Waals surface area contributed by atoms with Crippen molar-refractivity contribution in [3.8, 4) is 11.1 Å². The van der Waals surface area contributed by atoms with Gasteiger partial charge in [0, 0.05) is 24.5 Å². The average Bonchev–Trinajstić information content (AvgIpc) is 3.07. The van der Waals surface area contributed by atoms with Gasteiger partial charge in [0.05, 0.1) is 17.6 Å². The van der Waals surface area contributed by atoms with Gasteiger partial charge in [0.25, 0.3) is 0 Å². The molecule has 2 aromatic heterocycles. The molecule has 11 heteroatoms. The Kier molecular flexibility index (Phi) is 5.65. The van der Waals surface area contributed by atoms with E-state index in [1.54, 1.807) is 6.07 Å². The molecule has 146 valence electrons. The van der Waals surface area contributed by atoms with E-state index in [0.717, 1.165) is 11.1 Å². The van der Waals surface area contributed by atoms with Crippen LogP contribution in [0.2, 0.25) is 0 Å². The van der Waals surface area contributed by atoms with Gasteiger partial charge in [-0.15, -0.1) is 0 Å². The molecule has 6 N–H and O–H groups in total. The number of nitrogens with zero attached hydrogens (tertiary/aromatic N) is 3. The van der Waals surface area contributed by atoms with Crippen molar-refractivity contribution in [2.75, 3.05) is 23.8 Å². The van der Waals surface area contributed by atoms with Crippen LogP contribution in [-0.4, -0.2) is 61.3 Å². The summed E-state index contributed by atoms with van der Waals surface area (Å²) in [6, 6.07) is 3.94. The summed E-state index contributed by atoms with van der Waals surface area (Å²) in [7, 11) is 0. The van der Waals surface area contributed by atoms with E-state index < -0.39 is 18.6 Å². The number of anilines is 2. The van der Waals surface area contributed by atoms with Gasteiger partial charge in [-0.3, -0.25) is 5.32 Å². The number of carboxylic acid groups (broad SMARTS) is 1. The number of hydrogen-bond donors (Lipinski definition) is 6. The molecular weight excluding hydrogens is 366 g/mol. The topological polar surface area (TPSA) is 165 Å². The Bertz CT molecular complexity index is 987. The zero-order valence-corrected chi connectivity index (χ0v) is 14.9. The van der Waals surface area contributed by atoms with Crippen molar-refractivity contribution < 1.29 is 19.8 Å². The molecule has 3 aromatic rings. The van der Waals surface area contributed by atoms with Gasteiger partial charge in [0.1, 0.15) is 0 Å². The highest BCUT2D eigenvalue weighted by Crippen LogP contribution is 2.23. The fourth-order valence-electron chi connectivity index (χ4n) is 2.45. The van der Waals surface area contributed by atoms with Crippen molar-refractivity contribution in [1.29, 1.82) is 0 Å². The molecule has 0 spiro atoms. The van der Waals surface area contributed by atoms with E-state index >= 15 is 0 Å². The third-order valence-corrected chi connectivity index (χ3v) is 3.82. The minimum atomic E-state index is -1.20. The van der Waals surface area contributed by atoms with E-state index in [1.807, 2.05) is 19.1 Å². The molecule has 0 saturated carbocycles. The second kappa shape index (κ2) is 8.31. The van der Waals surface area contributed by atoms with Crippen molar-refractivity contribution in [3.05, 3.63) is 30.6 Å². The van der Waals surface area contributed by atoms with Gasteiger partial charge >= 0.3 is 12.0 Å². The first kappa shape index (κ1) is 19.0.